The van der Waals surface area contributed by atoms with Crippen LogP contribution in [0.25, 0.3) is 21.5 Å². The molecule has 0 saturated carbocycles. The number of ether oxygens (including phenoxy) is 2. The lowest BCUT2D eigenvalue weighted by Gasteiger charge is -2.16. The van der Waals surface area contributed by atoms with Crippen LogP contribution in [0.4, 0.5) is 11.4 Å². The number of nitrogen functional groups attached to an aromatic ring is 2. The molecule has 0 spiro atoms. The molecule has 0 saturated heterocycles. The SMILES string of the molecule is Nc1ccc(Oc2cccc3c(Oc4ccc(N)c(O)c4)c4ccccc4cc23)cc1O. The van der Waals surface area contributed by atoms with Crippen molar-refractivity contribution in [2.24, 2.45) is 0 Å². The molecule has 0 aromatic heterocycles. The average molecular weight is 424 g/mol. The molecule has 32 heavy (non-hydrogen) atoms. The smallest absolute Gasteiger partial charge is 0.143 e. The van der Waals surface area contributed by atoms with Gasteiger partial charge in [0.05, 0.1) is 11.4 Å². The number of aromatic hydroxyl groups is 2. The number of fused-ring (bicyclic) bond motifs is 2. The van der Waals surface area contributed by atoms with E-state index in [-0.39, 0.29) is 22.9 Å². The molecule has 0 radical (unpaired) electrons. The van der Waals surface area contributed by atoms with Crippen molar-refractivity contribution in [3.8, 4) is 34.5 Å². The molecule has 0 heterocycles. The Labute approximate surface area is 183 Å². The zero-order valence-electron chi connectivity index (χ0n) is 16.9. The summed E-state index contributed by atoms with van der Waals surface area (Å²) in [4.78, 5) is 0. The zero-order valence-corrected chi connectivity index (χ0v) is 16.9. The Balaban J connectivity index is 1.68. The third-order valence-electron chi connectivity index (χ3n) is 5.27. The van der Waals surface area contributed by atoms with Crippen LogP contribution in [0.2, 0.25) is 0 Å². The normalized spacial score (nSPS) is 11.0. The lowest BCUT2D eigenvalue weighted by molar-refractivity contribution is 0.457. The van der Waals surface area contributed by atoms with Crippen LogP contribution < -0.4 is 20.9 Å². The molecule has 158 valence electrons. The largest absolute Gasteiger partial charge is 0.506 e. The highest BCUT2D eigenvalue weighted by atomic mass is 16.5. The summed E-state index contributed by atoms with van der Waals surface area (Å²) in [5.41, 5.74) is 12.0. The van der Waals surface area contributed by atoms with Crippen molar-refractivity contribution in [3.63, 3.8) is 0 Å². The maximum absolute atomic E-state index is 10.0. The molecule has 0 aliphatic carbocycles. The maximum Gasteiger partial charge on any atom is 0.143 e. The third-order valence-corrected chi connectivity index (χ3v) is 5.27. The Morgan fingerprint density at radius 2 is 1.19 bits per heavy atom. The van der Waals surface area contributed by atoms with Gasteiger partial charge in [0.15, 0.2) is 0 Å². The summed E-state index contributed by atoms with van der Waals surface area (Å²) >= 11 is 0. The van der Waals surface area contributed by atoms with Gasteiger partial charge in [-0.2, -0.15) is 0 Å². The molecule has 6 heteroatoms. The van der Waals surface area contributed by atoms with Gasteiger partial charge in [0.25, 0.3) is 0 Å². The Morgan fingerprint density at radius 1 is 0.562 bits per heavy atom. The number of phenolic OH excluding ortho intramolecular Hbond substituents is 2. The van der Waals surface area contributed by atoms with E-state index in [4.69, 9.17) is 20.9 Å². The van der Waals surface area contributed by atoms with Crippen LogP contribution in [0.5, 0.6) is 34.5 Å². The first kappa shape index (κ1) is 19.4. The van der Waals surface area contributed by atoms with Crippen molar-refractivity contribution >= 4 is 32.9 Å². The number of anilines is 2. The molecule has 0 fully saturated rings. The Hall–Kier alpha value is -4.58. The van der Waals surface area contributed by atoms with E-state index in [9.17, 15) is 10.2 Å². The fraction of sp³-hybridized carbons (Fsp3) is 0. The third kappa shape index (κ3) is 3.44. The predicted molar refractivity (Wildman–Crippen MR) is 127 cm³/mol. The average Bonchev–Trinajstić information content (AvgIpc) is 2.79. The zero-order chi connectivity index (χ0) is 22.2. The Morgan fingerprint density at radius 3 is 1.88 bits per heavy atom. The van der Waals surface area contributed by atoms with E-state index in [0.717, 1.165) is 21.5 Å². The molecule has 0 unspecified atom stereocenters. The number of hydrogen-bond donors (Lipinski definition) is 4. The van der Waals surface area contributed by atoms with Crippen molar-refractivity contribution in [1.82, 2.24) is 0 Å². The molecule has 0 bridgehead atoms. The molecule has 0 amide bonds. The highest BCUT2D eigenvalue weighted by Crippen LogP contribution is 2.43. The lowest BCUT2D eigenvalue weighted by Crippen LogP contribution is -1.92. The molecule has 0 aliphatic rings. The fourth-order valence-corrected chi connectivity index (χ4v) is 3.64. The standard InChI is InChI=1S/C26H20N2O4/c27-21-10-8-16(13-23(21)29)31-25-7-3-6-19-20(25)12-15-4-1-2-5-18(15)26(19)32-17-9-11-22(28)24(30)14-17/h1-14,29-30H,27-28H2. The molecule has 0 aliphatic heterocycles. The summed E-state index contributed by atoms with van der Waals surface area (Å²) in [7, 11) is 0. The molecular formula is C26H20N2O4. The van der Waals surface area contributed by atoms with Crippen LogP contribution in [-0.4, -0.2) is 10.2 Å². The van der Waals surface area contributed by atoms with Gasteiger partial charge in [0.2, 0.25) is 0 Å². The van der Waals surface area contributed by atoms with E-state index >= 15 is 0 Å². The lowest BCUT2D eigenvalue weighted by atomic mass is 10.0. The molecular weight excluding hydrogens is 404 g/mol. The molecule has 0 atom stereocenters. The van der Waals surface area contributed by atoms with E-state index in [1.165, 1.54) is 12.1 Å². The van der Waals surface area contributed by atoms with E-state index < -0.39 is 0 Å². The summed E-state index contributed by atoms with van der Waals surface area (Å²) in [5, 5.41) is 23.5. The summed E-state index contributed by atoms with van der Waals surface area (Å²) < 4.78 is 12.3. The minimum atomic E-state index is -0.0424. The fourth-order valence-electron chi connectivity index (χ4n) is 3.64. The number of nitrogens with two attached hydrogens (primary N) is 2. The highest BCUT2D eigenvalue weighted by molar-refractivity contribution is 6.07. The number of rotatable bonds is 4. The first-order chi connectivity index (χ1) is 15.5. The molecule has 5 aromatic rings. The number of hydrogen-bond acceptors (Lipinski definition) is 6. The van der Waals surface area contributed by atoms with Gasteiger partial charge in [-0.3, -0.25) is 0 Å². The summed E-state index contributed by atoms with van der Waals surface area (Å²) in [6, 6.07) is 25.1. The minimum Gasteiger partial charge on any atom is -0.506 e. The predicted octanol–water partition coefficient (Wildman–Crippen LogP) is 6.15. The second-order valence-electron chi connectivity index (χ2n) is 7.42. The summed E-state index contributed by atoms with van der Waals surface area (Å²) in [6.45, 7) is 0. The molecule has 6 nitrogen and oxygen atoms in total. The van der Waals surface area contributed by atoms with E-state index in [0.29, 0.717) is 23.0 Å². The maximum atomic E-state index is 10.0. The van der Waals surface area contributed by atoms with Crippen molar-refractivity contribution in [1.29, 1.82) is 0 Å². The Bertz CT molecular complexity index is 1480. The van der Waals surface area contributed by atoms with Crippen LogP contribution in [0.1, 0.15) is 0 Å². The van der Waals surface area contributed by atoms with Gasteiger partial charge in [0.1, 0.15) is 34.5 Å². The monoisotopic (exact) mass is 424 g/mol. The van der Waals surface area contributed by atoms with E-state index in [2.05, 4.69) is 0 Å². The van der Waals surface area contributed by atoms with Crippen LogP contribution in [0, 0.1) is 0 Å². The summed E-state index contributed by atoms with van der Waals surface area (Å²) in [5.74, 6) is 2.07. The van der Waals surface area contributed by atoms with Gasteiger partial charge in [-0.1, -0.05) is 36.4 Å². The Kier molecular flexibility index (Phi) is 4.60. The van der Waals surface area contributed by atoms with Gasteiger partial charge in [-0.05, 0) is 41.8 Å². The van der Waals surface area contributed by atoms with E-state index in [1.54, 1.807) is 24.3 Å². The van der Waals surface area contributed by atoms with E-state index in [1.807, 2.05) is 48.5 Å². The molecule has 6 N–H and O–H groups in total. The van der Waals surface area contributed by atoms with Crippen molar-refractivity contribution in [3.05, 3.63) is 84.9 Å². The van der Waals surface area contributed by atoms with Gasteiger partial charge in [0, 0.05) is 28.3 Å². The molecule has 5 rings (SSSR count). The van der Waals surface area contributed by atoms with Gasteiger partial charge < -0.3 is 31.2 Å². The second-order valence-corrected chi connectivity index (χ2v) is 7.42. The van der Waals surface area contributed by atoms with Crippen molar-refractivity contribution in [2.45, 2.75) is 0 Å². The second kappa shape index (κ2) is 7.59. The quantitative estimate of drug-likeness (QED) is 0.156. The minimum absolute atomic E-state index is 0.0413. The van der Waals surface area contributed by atoms with Crippen LogP contribution in [0.15, 0.2) is 84.9 Å². The van der Waals surface area contributed by atoms with Gasteiger partial charge in [-0.15, -0.1) is 0 Å². The van der Waals surface area contributed by atoms with Crippen molar-refractivity contribution < 1.29 is 19.7 Å². The van der Waals surface area contributed by atoms with Crippen molar-refractivity contribution in [2.75, 3.05) is 11.5 Å². The topological polar surface area (TPSA) is 111 Å². The first-order valence-electron chi connectivity index (χ1n) is 9.97. The highest BCUT2D eigenvalue weighted by Gasteiger charge is 2.14. The van der Waals surface area contributed by atoms with Crippen LogP contribution >= 0.6 is 0 Å². The molecule has 5 aromatic carbocycles. The van der Waals surface area contributed by atoms with Crippen LogP contribution in [0.3, 0.4) is 0 Å². The number of phenols is 2. The van der Waals surface area contributed by atoms with Gasteiger partial charge in [-0.25, -0.2) is 0 Å². The number of benzene rings is 5. The summed E-state index contributed by atoms with van der Waals surface area (Å²) in [6.07, 6.45) is 0. The first-order valence-corrected chi connectivity index (χ1v) is 9.97. The van der Waals surface area contributed by atoms with Gasteiger partial charge >= 0.3 is 0 Å². The van der Waals surface area contributed by atoms with Crippen LogP contribution in [-0.2, 0) is 0 Å².